The van der Waals surface area contributed by atoms with Crippen molar-refractivity contribution in [2.24, 2.45) is 0 Å². The van der Waals surface area contributed by atoms with Crippen LogP contribution in [0.1, 0.15) is 17.2 Å². The molecule has 1 nitrogen and oxygen atoms in total. The molecule has 0 aliphatic rings. The van der Waals surface area contributed by atoms with Crippen molar-refractivity contribution in [3.05, 3.63) is 82.9 Å². The fraction of sp³-hybridized carbons (Fsp3) is 0.125. The summed E-state index contributed by atoms with van der Waals surface area (Å²) in [4.78, 5) is 0. The van der Waals surface area contributed by atoms with E-state index < -0.39 is 6.10 Å². The first kappa shape index (κ1) is 12.9. The molecule has 0 fully saturated rings. The molecule has 0 bridgehead atoms. The molecule has 0 aliphatic heterocycles. The first-order chi connectivity index (χ1) is 8.66. The van der Waals surface area contributed by atoms with Crippen molar-refractivity contribution in [3.63, 3.8) is 0 Å². The summed E-state index contributed by atoms with van der Waals surface area (Å²) in [5, 5.41) is 10.9. The summed E-state index contributed by atoms with van der Waals surface area (Å²) < 4.78 is 0. The van der Waals surface area contributed by atoms with Gasteiger partial charge in [0.2, 0.25) is 0 Å². The van der Waals surface area contributed by atoms with Gasteiger partial charge in [0.15, 0.2) is 0 Å². The molecule has 2 aromatic rings. The molecule has 18 heavy (non-hydrogen) atoms. The van der Waals surface area contributed by atoms with Gasteiger partial charge >= 0.3 is 0 Å². The van der Waals surface area contributed by atoms with Crippen molar-refractivity contribution in [1.29, 1.82) is 0 Å². The highest BCUT2D eigenvalue weighted by atomic mass is 35.5. The Morgan fingerprint density at radius 1 is 1.06 bits per heavy atom. The van der Waals surface area contributed by atoms with E-state index in [1.165, 1.54) is 0 Å². The summed E-state index contributed by atoms with van der Waals surface area (Å²) in [6, 6.07) is 17.2. The maximum absolute atomic E-state index is 10.2. The fourth-order valence-corrected chi connectivity index (χ4v) is 1.96. The normalized spacial score (nSPS) is 12.1. The molecule has 2 heteroatoms. The van der Waals surface area contributed by atoms with E-state index in [1.54, 1.807) is 12.1 Å². The van der Waals surface area contributed by atoms with Crippen molar-refractivity contribution in [2.75, 3.05) is 0 Å². The quantitative estimate of drug-likeness (QED) is 0.816. The third-order valence-corrected chi connectivity index (χ3v) is 3.10. The van der Waals surface area contributed by atoms with Gasteiger partial charge in [0.25, 0.3) is 0 Å². The molecular weight excluding hydrogens is 244 g/mol. The molecule has 92 valence electrons. The van der Waals surface area contributed by atoms with Gasteiger partial charge in [0.1, 0.15) is 6.10 Å². The van der Waals surface area contributed by atoms with Gasteiger partial charge in [-0.05, 0) is 35.3 Å². The topological polar surface area (TPSA) is 20.2 Å². The zero-order valence-corrected chi connectivity index (χ0v) is 10.8. The Morgan fingerprint density at radius 3 is 2.28 bits per heavy atom. The molecule has 1 atom stereocenters. The number of aliphatic hydroxyl groups excluding tert-OH is 1. The van der Waals surface area contributed by atoms with E-state index in [-0.39, 0.29) is 0 Å². The molecule has 1 unspecified atom stereocenters. The summed E-state index contributed by atoms with van der Waals surface area (Å²) in [7, 11) is 0. The van der Waals surface area contributed by atoms with Crippen LogP contribution in [0.5, 0.6) is 0 Å². The second kappa shape index (κ2) is 5.85. The minimum absolute atomic E-state index is 0.650. The summed E-state index contributed by atoms with van der Waals surface area (Å²) in [6.07, 6.45) is 0.0208. The van der Waals surface area contributed by atoms with Gasteiger partial charge in [-0.1, -0.05) is 60.6 Å². The predicted molar refractivity (Wildman–Crippen MR) is 75.7 cm³/mol. The van der Waals surface area contributed by atoms with Gasteiger partial charge in [-0.25, -0.2) is 0 Å². The van der Waals surface area contributed by atoms with Crippen LogP contribution in [0.3, 0.4) is 0 Å². The standard InChI is InChI=1S/C16H15ClO/c1-12(11-13-5-3-2-4-6-13)16(18)14-7-9-15(17)10-8-14/h2-10,16,18H,1,11H2. The van der Waals surface area contributed by atoms with E-state index in [0.29, 0.717) is 11.4 Å². The summed E-state index contributed by atoms with van der Waals surface area (Å²) in [5.41, 5.74) is 2.75. The highest BCUT2D eigenvalue weighted by molar-refractivity contribution is 6.30. The lowest BCUT2D eigenvalue weighted by molar-refractivity contribution is 0.213. The molecule has 2 aromatic carbocycles. The average Bonchev–Trinajstić information content (AvgIpc) is 2.40. The summed E-state index contributed by atoms with van der Waals surface area (Å²) in [5.74, 6) is 0. The van der Waals surface area contributed by atoms with Crippen molar-refractivity contribution in [3.8, 4) is 0 Å². The van der Waals surface area contributed by atoms with Crippen LogP contribution in [0, 0.1) is 0 Å². The maximum Gasteiger partial charge on any atom is 0.100 e. The summed E-state index contributed by atoms with van der Waals surface area (Å²) in [6.45, 7) is 3.97. The third kappa shape index (κ3) is 3.22. The van der Waals surface area contributed by atoms with Crippen LogP contribution in [-0.2, 0) is 6.42 Å². The average molecular weight is 259 g/mol. The third-order valence-electron chi connectivity index (χ3n) is 2.85. The first-order valence-corrected chi connectivity index (χ1v) is 6.20. The van der Waals surface area contributed by atoms with Gasteiger partial charge in [0, 0.05) is 5.02 Å². The zero-order valence-electron chi connectivity index (χ0n) is 10.0. The molecule has 1 N–H and O–H groups in total. The van der Waals surface area contributed by atoms with Crippen molar-refractivity contribution < 1.29 is 5.11 Å². The molecule has 0 saturated carbocycles. The number of aliphatic hydroxyl groups is 1. The lowest BCUT2D eigenvalue weighted by atomic mass is 9.97. The van der Waals surface area contributed by atoms with Crippen LogP contribution in [0.25, 0.3) is 0 Å². The van der Waals surface area contributed by atoms with E-state index in [0.717, 1.165) is 16.7 Å². The minimum Gasteiger partial charge on any atom is -0.384 e. The SMILES string of the molecule is C=C(Cc1ccccc1)C(O)c1ccc(Cl)cc1. The Kier molecular flexibility index (Phi) is 4.19. The Balaban J connectivity index is 2.07. The minimum atomic E-state index is -0.650. The van der Waals surface area contributed by atoms with Crippen molar-refractivity contribution >= 4 is 11.6 Å². The second-order valence-electron chi connectivity index (χ2n) is 4.27. The Hall–Kier alpha value is -1.57. The monoisotopic (exact) mass is 258 g/mol. The van der Waals surface area contributed by atoms with E-state index in [1.807, 2.05) is 42.5 Å². The van der Waals surface area contributed by atoms with E-state index >= 15 is 0 Å². The fourth-order valence-electron chi connectivity index (χ4n) is 1.84. The Bertz CT molecular complexity index is 517. The van der Waals surface area contributed by atoms with Gasteiger partial charge in [-0.15, -0.1) is 0 Å². The zero-order chi connectivity index (χ0) is 13.0. The number of hydrogen-bond donors (Lipinski definition) is 1. The van der Waals surface area contributed by atoms with Crippen LogP contribution in [0.4, 0.5) is 0 Å². The molecule has 0 amide bonds. The Labute approximate surface area is 112 Å². The number of benzene rings is 2. The van der Waals surface area contributed by atoms with Gasteiger partial charge in [-0.2, -0.15) is 0 Å². The molecule has 0 radical (unpaired) electrons. The molecule has 0 heterocycles. The van der Waals surface area contributed by atoms with Crippen molar-refractivity contribution in [1.82, 2.24) is 0 Å². The van der Waals surface area contributed by atoms with E-state index in [4.69, 9.17) is 11.6 Å². The molecular formula is C16H15ClO. The molecule has 0 aliphatic carbocycles. The molecule has 0 spiro atoms. The van der Waals surface area contributed by atoms with Crippen LogP contribution in [0.15, 0.2) is 66.7 Å². The van der Waals surface area contributed by atoms with E-state index in [9.17, 15) is 5.11 Å². The predicted octanol–water partition coefficient (Wildman–Crippen LogP) is 4.17. The molecule has 0 saturated heterocycles. The first-order valence-electron chi connectivity index (χ1n) is 5.82. The van der Waals surface area contributed by atoms with Crippen LogP contribution >= 0.6 is 11.6 Å². The summed E-state index contributed by atoms with van der Waals surface area (Å²) >= 11 is 5.82. The smallest absolute Gasteiger partial charge is 0.100 e. The highest BCUT2D eigenvalue weighted by Gasteiger charge is 2.11. The van der Waals surface area contributed by atoms with Gasteiger partial charge in [-0.3, -0.25) is 0 Å². The van der Waals surface area contributed by atoms with Crippen molar-refractivity contribution in [2.45, 2.75) is 12.5 Å². The largest absolute Gasteiger partial charge is 0.384 e. The lowest BCUT2D eigenvalue weighted by Crippen LogP contribution is -2.03. The maximum atomic E-state index is 10.2. The van der Waals surface area contributed by atoms with Gasteiger partial charge in [0.05, 0.1) is 0 Å². The van der Waals surface area contributed by atoms with E-state index in [2.05, 4.69) is 6.58 Å². The highest BCUT2D eigenvalue weighted by Crippen LogP contribution is 2.24. The lowest BCUT2D eigenvalue weighted by Gasteiger charge is -2.14. The number of hydrogen-bond acceptors (Lipinski definition) is 1. The Morgan fingerprint density at radius 2 is 1.67 bits per heavy atom. The molecule has 2 rings (SSSR count). The number of halogens is 1. The molecule has 0 aromatic heterocycles. The second-order valence-corrected chi connectivity index (χ2v) is 4.71. The number of rotatable bonds is 4. The van der Waals surface area contributed by atoms with Crippen LogP contribution in [0.2, 0.25) is 5.02 Å². The van der Waals surface area contributed by atoms with Crippen LogP contribution in [-0.4, -0.2) is 5.11 Å². The van der Waals surface area contributed by atoms with Crippen LogP contribution < -0.4 is 0 Å². The van der Waals surface area contributed by atoms with Gasteiger partial charge < -0.3 is 5.11 Å².